The number of hydrogen-bond donors (Lipinski definition) is 1. The van der Waals surface area contributed by atoms with E-state index in [1.54, 1.807) is 18.3 Å². The highest BCUT2D eigenvalue weighted by Crippen LogP contribution is 2.21. The van der Waals surface area contributed by atoms with Crippen molar-refractivity contribution in [1.29, 1.82) is 0 Å². The Bertz CT molecular complexity index is 527. The summed E-state index contributed by atoms with van der Waals surface area (Å²) in [7, 11) is -1.45. The first-order valence-electron chi connectivity index (χ1n) is 6.17. The molecule has 0 amide bonds. The van der Waals surface area contributed by atoms with Crippen molar-refractivity contribution in [3.05, 3.63) is 18.3 Å². The first-order chi connectivity index (χ1) is 8.98. The fraction of sp³-hybridized carbons (Fsp3) is 0.583. The number of anilines is 1. The summed E-state index contributed by atoms with van der Waals surface area (Å²) >= 11 is 0. The van der Waals surface area contributed by atoms with Crippen molar-refractivity contribution < 1.29 is 13.2 Å². The summed E-state index contributed by atoms with van der Waals surface area (Å²) in [5.74, 6) is 0.471. The molecule has 0 radical (unpaired) electrons. The van der Waals surface area contributed by atoms with Gasteiger partial charge in [0.25, 0.3) is 0 Å². The number of nitrogens with one attached hydrogen (secondary N) is 1. The van der Waals surface area contributed by atoms with E-state index in [1.165, 1.54) is 6.26 Å². The molecule has 106 valence electrons. The summed E-state index contributed by atoms with van der Waals surface area (Å²) in [6, 6.07) is 3.21. The first kappa shape index (κ1) is 14.2. The largest absolute Gasteiger partial charge is 0.374 e. The van der Waals surface area contributed by atoms with E-state index in [0.29, 0.717) is 19.0 Å². The lowest BCUT2D eigenvalue weighted by Crippen LogP contribution is -2.44. The quantitative estimate of drug-likeness (QED) is 0.833. The SMILES string of the molecule is CN(CC1CNCCO1)c1ncccc1S(C)(=O)=O. The minimum absolute atomic E-state index is 0.0492. The van der Waals surface area contributed by atoms with E-state index >= 15 is 0 Å². The lowest BCUT2D eigenvalue weighted by atomic mass is 10.3. The summed E-state index contributed by atoms with van der Waals surface area (Å²) in [5, 5.41) is 3.25. The maximum Gasteiger partial charge on any atom is 0.179 e. The molecule has 1 atom stereocenters. The average molecular weight is 285 g/mol. The highest BCUT2D eigenvalue weighted by Gasteiger charge is 2.21. The maximum absolute atomic E-state index is 11.7. The number of morpholine rings is 1. The van der Waals surface area contributed by atoms with Crippen LogP contribution in [0.25, 0.3) is 0 Å². The molecular formula is C12H19N3O3S. The second kappa shape index (κ2) is 5.85. The first-order valence-corrected chi connectivity index (χ1v) is 8.06. The number of hydrogen-bond acceptors (Lipinski definition) is 6. The molecule has 19 heavy (non-hydrogen) atoms. The summed E-state index contributed by atoms with van der Waals surface area (Å²) in [4.78, 5) is 6.26. The zero-order chi connectivity index (χ0) is 13.9. The van der Waals surface area contributed by atoms with Gasteiger partial charge in [0.05, 0.1) is 12.7 Å². The highest BCUT2D eigenvalue weighted by atomic mass is 32.2. The molecule has 2 rings (SSSR count). The Balaban J connectivity index is 2.16. The predicted octanol–water partition coefficient (Wildman–Crippen LogP) is -0.0903. The molecule has 7 heteroatoms. The normalized spacial score (nSPS) is 20.2. The van der Waals surface area contributed by atoms with E-state index in [1.807, 2.05) is 11.9 Å². The predicted molar refractivity (Wildman–Crippen MR) is 73.2 cm³/mol. The molecule has 1 aliphatic heterocycles. The third kappa shape index (κ3) is 3.65. The van der Waals surface area contributed by atoms with Crippen LogP contribution in [0.5, 0.6) is 0 Å². The molecule has 1 aliphatic rings. The van der Waals surface area contributed by atoms with Crippen LogP contribution in [0.15, 0.2) is 23.2 Å². The lowest BCUT2D eigenvalue weighted by Gasteiger charge is -2.29. The Labute approximate surface area is 113 Å². The van der Waals surface area contributed by atoms with Gasteiger partial charge in [-0.15, -0.1) is 0 Å². The molecular weight excluding hydrogens is 266 g/mol. The average Bonchev–Trinajstić information content (AvgIpc) is 2.39. The Kier molecular flexibility index (Phi) is 4.38. The maximum atomic E-state index is 11.7. The molecule has 1 aromatic heterocycles. The minimum Gasteiger partial charge on any atom is -0.374 e. The molecule has 1 aromatic rings. The van der Waals surface area contributed by atoms with Gasteiger partial charge in [-0.1, -0.05) is 0 Å². The van der Waals surface area contributed by atoms with Gasteiger partial charge in [-0.25, -0.2) is 13.4 Å². The van der Waals surface area contributed by atoms with Gasteiger partial charge in [0.15, 0.2) is 9.84 Å². The van der Waals surface area contributed by atoms with Crippen molar-refractivity contribution in [2.24, 2.45) is 0 Å². The molecule has 0 bridgehead atoms. The van der Waals surface area contributed by atoms with Crippen molar-refractivity contribution in [2.75, 3.05) is 44.4 Å². The van der Waals surface area contributed by atoms with Gasteiger partial charge in [-0.2, -0.15) is 0 Å². The summed E-state index contributed by atoms with van der Waals surface area (Å²) in [6.07, 6.45) is 2.84. The van der Waals surface area contributed by atoms with Crippen LogP contribution in [-0.2, 0) is 14.6 Å². The van der Waals surface area contributed by atoms with Crippen LogP contribution in [0.2, 0.25) is 0 Å². The Morgan fingerprint density at radius 3 is 3.00 bits per heavy atom. The standard InChI is InChI=1S/C12H19N3O3S/c1-15(9-10-8-13-6-7-18-10)12-11(19(2,16)17)4-3-5-14-12/h3-5,10,13H,6-9H2,1-2H3. The van der Waals surface area contributed by atoms with E-state index in [-0.39, 0.29) is 11.0 Å². The van der Waals surface area contributed by atoms with Gasteiger partial charge in [0.1, 0.15) is 10.7 Å². The van der Waals surface area contributed by atoms with Crippen LogP contribution in [0, 0.1) is 0 Å². The third-order valence-electron chi connectivity index (χ3n) is 2.99. The van der Waals surface area contributed by atoms with Gasteiger partial charge in [-0.05, 0) is 12.1 Å². The Morgan fingerprint density at radius 2 is 2.37 bits per heavy atom. The van der Waals surface area contributed by atoms with Crippen LogP contribution in [-0.4, -0.2) is 59.1 Å². The molecule has 0 aromatic carbocycles. The number of rotatable bonds is 4. The molecule has 1 unspecified atom stereocenters. The number of ether oxygens (including phenoxy) is 1. The molecule has 0 spiro atoms. The molecule has 1 N–H and O–H groups in total. The van der Waals surface area contributed by atoms with Gasteiger partial charge >= 0.3 is 0 Å². The molecule has 0 saturated carbocycles. The number of pyridine rings is 1. The smallest absolute Gasteiger partial charge is 0.179 e. The number of aromatic nitrogens is 1. The fourth-order valence-electron chi connectivity index (χ4n) is 2.09. The van der Waals surface area contributed by atoms with E-state index in [9.17, 15) is 8.42 Å². The molecule has 1 fully saturated rings. The minimum atomic E-state index is -3.28. The molecule has 2 heterocycles. The van der Waals surface area contributed by atoms with Crippen LogP contribution in [0.4, 0.5) is 5.82 Å². The second-order valence-electron chi connectivity index (χ2n) is 4.67. The van der Waals surface area contributed by atoms with Gasteiger partial charge in [0.2, 0.25) is 0 Å². The van der Waals surface area contributed by atoms with Crippen molar-refractivity contribution in [3.63, 3.8) is 0 Å². The summed E-state index contributed by atoms with van der Waals surface area (Å²) in [6.45, 7) is 2.91. The van der Waals surface area contributed by atoms with Gasteiger partial charge < -0.3 is 15.0 Å². The summed E-state index contributed by atoms with van der Waals surface area (Å²) < 4.78 is 29.1. The van der Waals surface area contributed by atoms with Crippen molar-refractivity contribution in [1.82, 2.24) is 10.3 Å². The van der Waals surface area contributed by atoms with Gasteiger partial charge in [0, 0.05) is 39.1 Å². The van der Waals surface area contributed by atoms with Crippen molar-refractivity contribution >= 4 is 15.7 Å². The molecule has 1 saturated heterocycles. The Hall–Kier alpha value is -1.18. The van der Waals surface area contributed by atoms with E-state index in [2.05, 4.69) is 10.3 Å². The van der Waals surface area contributed by atoms with E-state index < -0.39 is 9.84 Å². The number of nitrogens with zero attached hydrogens (tertiary/aromatic N) is 2. The number of likely N-dealkylation sites (N-methyl/N-ethyl adjacent to an activating group) is 1. The second-order valence-corrected chi connectivity index (χ2v) is 6.66. The van der Waals surface area contributed by atoms with Crippen molar-refractivity contribution in [3.8, 4) is 0 Å². The molecule has 6 nitrogen and oxygen atoms in total. The summed E-state index contributed by atoms with van der Waals surface area (Å²) in [5.41, 5.74) is 0. The zero-order valence-corrected chi connectivity index (χ0v) is 12.0. The number of sulfone groups is 1. The van der Waals surface area contributed by atoms with Crippen LogP contribution in [0.3, 0.4) is 0 Å². The van der Waals surface area contributed by atoms with Crippen LogP contribution >= 0.6 is 0 Å². The van der Waals surface area contributed by atoms with Crippen LogP contribution < -0.4 is 10.2 Å². The third-order valence-corrected chi connectivity index (χ3v) is 4.11. The molecule has 0 aliphatic carbocycles. The van der Waals surface area contributed by atoms with Crippen LogP contribution in [0.1, 0.15) is 0 Å². The van der Waals surface area contributed by atoms with E-state index in [0.717, 1.165) is 13.1 Å². The van der Waals surface area contributed by atoms with Gasteiger partial charge in [-0.3, -0.25) is 0 Å². The monoisotopic (exact) mass is 285 g/mol. The topological polar surface area (TPSA) is 71.5 Å². The van der Waals surface area contributed by atoms with Crippen molar-refractivity contribution in [2.45, 2.75) is 11.0 Å². The van der Waals surface area contributed by atoms with E-state index in [4.69, 9.17) is 4.74 Å². The fourth-order valence-corrected chi connectivity index (χ4v) is 2.95. The highest BCUT2D eigenvalue weighted by molar-refractivity contribution is 7.90. The lowest BCUT2D eigenvalue weighted by molar-refractivity contribution is 0.0339. The zero-order valence-electron chi connectivity index (χ0n) is 11.2. The Morgan fingerprint density at radius 1 is 1.58 bits per heavy atom.